The van der Waals surface area contributed by atoms with E-state index in [0.717, 1.165) is 6.42 Å². The first kappa shape index (κ1) is 7.58. The summed E-state index contributed by atoms with van der Waals surface area (Å²) in [6.07, 6.45) is 1.64. The average molecular weight is 142 g/mol. The van der Waals surface area contributed by atoms with Gasteiger partial charge in [-0.3, -0.25) is 4.79 Å². The summed E-state index contributed by atoms with van der Waals surface area (Å²) < 4.78 is 5.09. The molecule has 2 heteroatoms. The van der Waals surface area contributed by atoms with Crippen molar-refractivity contribution >= 4 is 5.97 Å². The number of esters is 1. The second-order valence-corrected chi connectivity index (χ2v) is 3.55. The molecule has 1 heterocycles. The van der Waals surface area contributed by atoms with E-state index in [4.69, 9.17) is 4.74 Å². The lowest BCUT2D eigenvalue weighted by molar-refractivity contribution is -0.141. The monoisotopic (exact) mass is 142 g/mol. The first-order valence-electron chi connectivity index (χ1n) is 3.76. The van der Waals surface area contributed by atoms with E-state index in [1.165, 1.54) is 0 Å². The first-order chi connectivity index (χ1) is 4.56. The molecule has 0 aromatic carbocycles. The Bertz CT molecular complexity index is 149. The summed E-state index contributed by atoms with van der Waals surface area (Å²) in [5, 5.41) is 0. The maximum Gasteiger partial charge on any atom is 0.306 e. The van der Waals surface area contributed by atoms with Crippen LogP contribution in [0.25, 0.3) is 0 Å². The summed E-state index contributed by atoms with van der Waals surface area (Å²) in [6, 6.07) is 0. The Labute approximate surface area is 61.6 Å². The third kappa shape index (κ3) is 1.15. The highest BCUT2D eigenvalue weighted by Gasteiger charge is 2.40. The SMILES string of the molecule is CC[C@@H]1OC(=O)CC1(C)C. The van der Waals surface area contributed by atoms with Crippen LogP contribution in [0, 0.1) is 5.41 Å². The largest absolute Gasteiger partial charge is 0.462 e. The Kier molecular flexibility index (Phi) is 1.71. The van der Waals surface area contributed by atoms with E-state index in [1.807, 2.05) is 6.92 Å². The predicted octanol–water partition coefficient (Wildman–Crippen LogP) is 1.74. The van der Waals surface area contributed by atoms with Crippen LogP contribution in [0.3, 0.4) is 0 Å². The van der Waals surface area contributed by atoms with Gasteiger partial charge < -0.3 is 4.74 Å². The van der Waals surface area contributed by atoms with Gasteiger partial charge in [-0.2, -0.15) is 0 Å². The van der Waals surface area contributed by atoms with Crippen LogP contribution in [-0.4, -0.2) is 12.1 Å². The third-order valence-electron chi connectivity index (χ3n) is 2.12. The minimum atomic E-state index is -0.0446. The third-order valence-corrected chi connectivity index (χ3v) is 2.12. The number of carbonyl (C=O) groups excluding carboxylic acids is 1. The fourth-order valence-corrected chi connectivity index (χ4v) is 1.48. The molecule has 0 N–H and O–H groups in total. The smallest absolute Gasteiger partial charge is 0.306 e. The summed E-state index contributed by atoms with van der Waals surface area (Å²) in [5.74, 6) is -0.0446. The Morgan fingerprint density at radius 2 is 2.30 bits per heavy atom. The van der Waals surface area contributed by atoms with Crippen molar-refractivity contribution in [1.82, 2.24) is 0 Å². The zero-order valence-corrected chi connectivity index (χ0v) is 6.81. The molecule has 0 aromatic rings. The van der Waals surface area contributed by atoms with Gasteiger partial charge in [-0.05, 0) is 6.42 Å². The van der Waals surface area contributed by atoms with Crippen molar-refractivity contribution in [3.8, 4) is 0 Å². The van der Waals surface area contributed by atoms with Crippen LogP contribution in [-0.2, 0) is 9.53 Å². The molecule has 0 amide bonds. The summed E-state index contributed by atoms with van der Waals surface area (Å²) >= 11 is 0. The summed E-state index contributed by atoms with van der Waals surface area (Å²) in [7, 11) is 0. The van der Waals surface area contributed by atoms with Crippen LogP contribution in [0.5, 0.6) is 0 Å². The minimum absolute atomic E-state index is 0.0446. The highest BCUT2D eigenvalue weighted by Crippen LogP contribution is 2.35. The molecule has 1 aliphatic rings. The molecule has 0 aliphatic carbocycles. The quantitative estimate of drug-likeness (QED) is 0.521. The van der Waals surface area contributed by atoms with Gasteiger partial charge in [0.1, 0.15) is 6.10 Å². The van der Waals surface area contributed by atoms with Gasteiger partial charge in [0.05, 0.1) is 6.42 Å². The highest BCUT2D eigenvalue weighted by molar-refractivity contribution is 5.72. The van der Waals surface area contributed by atoms with Gasteiger partial charge in [0, 0.05) is 5.41 Å². The molecular weight excluding hydrogens is 128 g/mol. The molecule has 1 rings (SSSR count). The second kappa shape index (κ2) is 2.26. The fourth-order valence-electron chi connectivity index (χ4n) is 1.48. The van der Waals surface area contributed by atoms with Gasteiger partial charge >= 0.3 is 5.97 Å². The van der Waals surface area contributed by atoms with E-state index in [1.54, 1.807) is 0 Å². The van der Waals surface area contributed by atoms with Gasteiger partial charge in [-0.15, -0.1) is 0 Å². The van der Waals surface area contributed by atoms with Gasteiger partial charge in [0.2, 0.25) is 0 Å². The Balaban J connectivity index is 2.67. The minimum Gasteiger partial charge on any atom is -0.462 e. The zero-order valence-electron chi connectivity index (χ0n) is 6.81. The Morgan fingerprint density at radius 3 is 2.50 bits per heavy atom. The number of ether oxygens (including phenoxy) is 1. The lowest BCUT2D eigenvalue weighted by atomic mass is 9.84. The van der Waals surface area contributed by atoms with Crippen molar-refractivity contribution in [1.29, 1.82) is 0 Å². The molecule has 0 saturated carbocycles. The normalized spacial score (nSPS) is 30.3. The number of cyclic esters (lactones) is 1. The molecule has 1 atom stereocenters. The van der Waals surface area contributed by atoms with Crippen LogP contribution >= 0.6 is 0 Å². The molecular formula is C8H14O2. The predicted molar refractivity (Wildman–Crippen MR) is 38.6 cm³/mol. The summed E-state index contributed by atoms with van der Waals surface area (Å²) in [6.45, 7) is 6.20. The van der Waals surface area contributed by atoms with Crippen molar-refractivity contribution < 1.29 is 9.53 Å². The fraction of sp³-hybridized carbons (Fsp3) is 0.875. The van der Waals surface area contributed by atoms with E-state index < -0.39 is 0 Å². The molecule has 0 unspecified atom stereocenters. The maximum atomic E-state index is 10.8. The molecule has 0 bridgehead atoms. The van der Waals surface area contributed by atoms with E-state index in [-0.39, 0.29) is 17.5 Å². The van der Waals surface area contributed by atoms with Crippen LogP contribution in [0.1, 0.15) is 33.6 Å². The van der Waals surface area contributed by atoms with Gasteiger partial charge in [-0.25, -0.2) is 0 Å². The second-order valence-electron chi connectivity index (χ2n) is 3.55. The van der Waals surface area contributed by atoms with E-state index >= 15 is 0 Å². The van der Waals surface area contributed by atoms with Crippen molar-refractivity contribution in [3.63, 3.8) is 0 Å². The van der Waals surface area contributed by atoms with Gasteiger partial charge in [-0.1, -0.05) is 20.8 Å². The van der Waals surface area contributed by atoms with E-state index in [0.29, 0.717) is 6.42 Å². The molecule has 0 aromatic heterocycles. The number of carbonyl (C=O) groups is 1. The van der Waals surface area contributed by atoms with Crippen molar-refractivity contribution in [2.45, 2.75) is 39.7 Å². The zero-order chi connectivity index (χ0) is 7.78. The van der Waals surface area contributed by atoms with Crippen molar-refractivity contribution in [3.05, 3.63) is 0 Å². The molecule has 2 nitrogen and oxygen atoms in total. The molecule has 1 fully saturated rings. The maximum absolute atomic E-state index is 10.8. The number of rotatable bonds is 1. The number of hydrogen-bond donors (Lipinski definition) is 0. The Hall–Kier alpha value is -0.530. The van der Waals surface area contributed by atoms with Crippen LogP contribution < -0.4 is 0 Å². The standard InChI is InChI=1S/C8H14O2/c1-4-6-8(2,3)5-7(9)10-6/h6H,4-5H2,1-3H3/t6-/m0/s1. The first-order valence-corrected chi connectivity index (χ1v) is 3.76. The van der Waals surface area contributed by atoms with Gasteiger partial charge in [0.15, 0.2) is 0 Å². The van der Waals surface area contributed by atoms with Crippen molar-refractivity contribution in [2.24, 2.45) is 5.41 Å². The van der Waals surface area contributed by atoms with Gasteiger partial charge in [0.25, 0.3) is 0 Å². The van der Waals surface area contributed by atoms with Crippen LogP contribution in [0.4, 0.5) is 0 Å². The molecule has 0 radical (unpaired) electrons. The lowest BCUT2D eigenvalue weighted by Gasteiger charge is -2.21. The molecule has 58 valence electrons. The lowest BCUT2D eigenvalue weighted by Crippen LogP contribution is -2.22. The molecule has 10 heavy (non-hydrogen) atoms. The van der Waals surface area contributed by atoms with Crippen LogP contribution in [0.2, 0.25) is 0 Å². The summed E-state index contributed by atoms with van der Waals surface area (Å²) in [5.41, 5.74) is 0.0613. The van der Waals surface area contributed by atoms with E-state index in [2.05, 4.69) is 13.8 Å². The molecule has 1 saturated heterocycles. The van der Waals surface area contributed by atoms with Crippen molar-refractivity contribution in [2.75, 3.05) is 0 Å². The highest BCUT2D eigenvalue weighted by atomic mass is 16.6. The molecule has 1 aliphatic heterocycles. The number of hydrogen-bond acceptors (Lipinski definition) is 2. The molecule has 0 spiro atoms. The summed E-state index contributed by atoms with van der Waals surface area (Å²) in [4.78, 5) is 10.8. The Morgan fingerprint density at radius 1 is 1.70 bits per heavy atom. The average Bonchev–Trinajstić information content (AvgIpc) is 2.04. The topological polar surface area (TPSA) is 26.3 Å². The van der Waals surface area contributed by atoms with Crippen LogP contribution in [0.15, 0.2) is 0 Å². The van der Waals surface area contributed by atoms with E-state index in [9.17, 15) is 4.79 Å².